The van der Waals surface area contributed by atoms with E-state index in [1.807, 2.05) is 48.5 Å². The van der Waals surface area contributed by atoms with Crippen LogP contribution in [0.3, 0.4) is 0 Å². The van der Waals surface area contributed by atoms with Gasteiger partial charge in [0.25, 0.3) is 0 Å². The molecule has 0 amide bonds. The van der Waals surface area contributed by atoms with Gasteiger partial charge in [-0.25, -0.2) is 9.07 Å². The largest absolute Gasteiger partial charge is 0.497 e. The highest BCUT2D eigenvalue weighted by atomic mass is 79.9. The summed E-state index contributed by atoms with van der Waals surface area (Å²) in [5.41, 5.74) is 4.86. The van der Waals surface area contributed by atoms with Crippen LogP contribution in [0.2, 0.25) is 0 Å². The maximum atomic E-state index is 13.8. The third kappa shape index (κ3) is 4.92. The second-order valence-corrected chi connectivity index (χ2v) is 8.98. The van der Waals surface area contributed by atoms with Crippen LogP contribution in [0.1, 0.15) is 5.56 Å². The maximum absolute atomic E-state index is 13.8. The van der Waals surface area contributed by atoms with Crippen molar-refractivity contribution >= 4 is 32.5 Å². The molecule has 0 fully saturated rings. The van der Waals surface area contributed by atoms with Crippen molar-refractivity contribution in [3.8, 4) is 34.1 Å². The van der Waals surface area contributed by atoms with Crippen LogP contribution >= 0.6 is 15.9 Å². The summed E-state index contributed by atoms with van der Waals surface area (Å²) in [4.78, 5) is 0. The molecule has 8 nitrogen and oxygen atoms in total. The summed E-state index contributed by atoms with van der Waals surface area (Å²) in [7, 11) is 4.83. The molecular formula is C27H23BrFN5O3. The Kier molecular flexibility index (Phi) is 6.91. The summed E-state index contributed by atoms with van der Waals surface area (Å²) in [6.45, 7) is 0.524. The molecule has 5 rings (SSSR count). The van der Waals surface area contributed by atoms with Crippen LogP contribution in [-0.2, 0) is 6.54 Å². The van der Waals surface area contributed by atoms with Gasteiger partial charge in [-0.1, -0.05) is 6.07 Å². The first kappa shape index (κ1) is 24.5. The third-order valence-corrected chi connectivity index (χ3v) is 6.60. The summed E-state index contributed by atoms with van der Waals surface area (Å²) in [5, 5.41) is 17.0. The molecule has 188 valence electrons. The molecule has 2 heterocycles. The van der Waals surface area contributed by atoms with Gasteiger partial charge < -0.3 is 19.5 Å². The monoisotopic (exact) mass is 563 g/mol. The number of fused-ring (bicyclic) bond motifs is 1. The Labute approximate surface area is 221 Å². The van der Waals surface area contributed by atoms with Gasteiger partial charge in [0.1, 0.15) is 17.2 Å². The van der Waals surface area contributed by atoms with E-state index in [9.17, 15) is 4.39 Å². The standard InChI is InChI=1S/C27H23BrFN5O3/c1-35-19-6-4-17(26(9-19)36-2)12-30-24-14-31-33-23-8-16(5-7-20(23)24)21-10-22(28)27(37-3)11-25(21)34-15-18(29)13-32-34/h4-11,13-15H,12H2,1-3H3,(H,30,33). The molecule has 10 heteroatoms. The Hall–Kier alpha value is -4.18. The summed E-state index contributed by atoms with van der Waals surface area (Å²) in [6.07, 6.45) is 4.18. The Morgan fingerprint density at radius 3 is 2.51 bits per heavy atom. The fourth-order valence-corrected chi connectivity index (χ4v) is 4.61. The SMILES string of the molecule is COc1ccc(CNc2cnnc3cc(-c4cc(Br)c(OC)cc4-n4cc(F)cn4)ccc23)c(OC)c1. The molecule has 0 saturated heterocycles. The van der Waals surface area contributed by atoms with Gasteiger partial charge >= 0.3 is 0 Å². The molecule has 5 aromatic rings. The molecule has 0 bridgehead atoms. The molecular weight excluding hydrogens is 541 g/mol. The molecule has 0 unspecified atom stereocenters. The molecule has 2 aromatic heterocycles. The molecule has 3 aromatic carbocycles. The maximum Gasteiger partial charge on any atom is 0.161 e. The lowest BCUT2D eigenvalue weighted by Crippen LogP contribution is -2.04. The lowest BCUT2D eigenvalue weighted by Gasteiger charge is -2.15. The fraction of sp³-hybridized carbons (Fsp3) is 0.148. The van der Waals surface area contributed by atoms with E-state index in [1.165, 1.54) is 17.1 Å². The van der Waals surface area contributed by atoms with Crippen molar-refractivity contribution in [1.29, 1.82) is 0 Å². The molecule has 0 aliphatic rings. The van der Waals surface area contributed by atoms with E-state index in [-0.39, 0.29) is 0 Å². The molecule has 0 aliphatic heterocycles. The van der Waals surface area contributed by atoms with E-state index in [2.05, 4.69) is 36.5 Å². The zero-order valence-corrected chi connectivity index (χ0v) is 21.9. The number of anilines is 1. The molecule has 1 N–H and O–H groups in total. The van der Waals surface area contributed by atoms with E-state index >= 15 is 0 Å². The van der Waals surface area contributed by atoms with Gasteiger partial charge in [0.05, 0.1) is 61.3 Å². The number of methoxy groups -OCH3 is 3. The normalized spacial score (nSPS) is 10.9. The van der Waals surface area contributed by atoms with E-state index in [0.717, 1.165) is 43.7 Å². The van der Waals surface area contributed by atoms with Crippen molar-refractivity contribution in [2.24, 2.45) is 0 Å². The predicted octanol–water partition coefficient (Wildman–Crippen LogP) is 6.02. The third-order valence-electron chi connectivity index (χ3n) is 5.98. The van der Waals surface area contributed by atoms with Crippen molar-refractivity contribution in [3.05, 3.63) is 83.0 Å². The van der Waals surface area contributed by atoms with Gasteiger partial charge in [0.2, 0.25) is 0 Å². The average molecular weight is 564 g/mol. The number of halogens is 2. The van der Waals surface area contributed by atoms with Crippen molar-refractivity contribution < 1.29 is 18.6 Å². The van der Waals surface area contributed by atoms with Gasteiger partial charge in [-0.3, -0.25) is 0 Å². The average Bonchev–Trinajstić information content (AvgIpc) is 3.37. The van der Waals surface area contributed by atoms with Gasteiger partial charge in [-0.05, 0) is 51.8 Å². The van der Waals surface area contributed by atoms with Crippen LogP contribution in [0.25, 0.3) is 27.7 Å². The summed E-state index contributed by atoms with van der Waals surface area (Å²) < 4.78 is 32.3. The fourth-order valence-electron chi connectivity index (χ4n) is 4.11. The van der Waals surface area contributed by atoms with Crippen molar-refractivity contribution in [3.63, 3.8) is 0 Å². The Balaban J connectivity index is 1.51. The zero-order valence-electron chi connectivity index (χ0n) is 20.3. The van der Waals surface area contributed by atoms with Crippen molar-refractivity contribution in [1.82, 2.24) is 20.0 Å². The highest BCUT2D eigenvalue weighted by molar-refractivity contribution is 9.10. The number of benzene rings is 3. The van der Waals surface area contributed by atoms with Crippen LogP contribution < -0.4 is 19.5 Å². The minimum Gasteiger partial charge on any atom is -0.497 e. The van der Waals surface area contributed by atoms with Crippen LogP contribution in [0.15, 0.2) is 71.6 Å². The van der Waals surface area contributed by atoms with Gasteiger partial charge in [0.15, 0.2) is 5.82 Å². The predicted molar refractivity (Wildman–Crippen MR) is 143 cm³/mol. The summed E-state index contributed by atoms with van der Waals surface area (Å²) in [5.74, 6) is 1.64. The molecule has 0 atom stereocenters. The number of nitrogens with one attached hydrogen (secondary N) is 1. The van der Waals surface area contributed by atoms with Crippen LogP contribution in [0, 0.1) is 5.82 Å². The van der Waals surface area contributed by atoms with Crippen LogP contribution in [0.4, 0.5) is 10.1 Å². The number of rotatable bonds is 8. The smallest absolute Gasteiger partial charge is 0.161 e. The first-order chi connectivity index (χ1) is 18.0. The van der Waals surface area contributed by atoms with E-state index in [0.29, 0.717) is 23.5 Å². The van der Waals surface area contributed by atoms with E-state index in [1.54, 1.807) is 27.5 Å². The summed E-state index contributed by atoms with van der Waals surface area (Å²) >= 11 is 3.56. The van der Waals surface area contributed by atoms with Gasteiger partial charge in [0, 0.05) is 35.2 Å². The topological polar surface area (TPSA) is 83.3 Å². The van der Waals surface area contributed by atoms with Crippen molar-refractivity contribution in [2.75, 3.05) is 26.6 Å². The van der Waals surface area contributed by atoms with Gasteiger partial charge in [-0.2, -0.15) is 15.3 Å². The Bertz CT molecular complexity index is 1590. The molecule has 0 aliphatic carbocycles. The lowest BCUT2D eigenvalue weighted by molar-refractivity contribution is 0.391. The number of nitrogens with zero attached hydrogens (tertiary/aromatic N) is 4. The minimum absolute atomic E-state index is 0.429. The summed E-state index contributed by atoms with van der Waals surface area (Å²) in [6, 6.07) is 15.3. The molecule has 0 spiro atoms. The van der Waals surface area contributed by atoms with Crippen LogP contribution in [0.5, 0.6) is 17.2 Å². The number of hydrogen-bond acceptors (Lipinski definition) is 7. The highest BCUT2D eigenvalue weighted by Crippen LogP contribution is 2.37. The van der Waals surface area contributed by atoms with E-state index in [4.69, 9.17) is 14.2 Å². The van der Waals surface area contributed by atoms with Crippen molar-refractivity contribution in [2.45, 2.75) is 6.54 Å². The van der Waals surface area contributed by atoms with Gasteiger partial charge in [-0.15, -0.1) is 0 Å². The zero-order chi connectivity index (χ0) is 25.9. The quantitative estimate of drug-likeness (QED) is 0.247. The first-order valence-corrected chi connectivity index (χ1v) is 12.1. The first-order valence-electron chi connectivity index (χ1n) is 11.3. The second kappa shape index (κ2) is 10.4. The highest BCUT2D eigenvalue weighted by Gasteiger charge is 2.15. The number of aromatic nitrogens is 4. The molecule has 37 heavy (non-hydrogen) atoms. The molecule has 0 saturated carbocycles. The Morgan fingerprint density at radius 2 is 1.78 bits per heavy atom. The molecule has 0 radical (unpaired) electrons. The van der Waals surface area contributed by atoms with E-state index < -0.39 is 5.82 Å². The Morgan fingerprint density at radius 1 is 0.946 bits per heavy atom. The lowest BCUT2D eigenvalue weighted by atomic mass is 10.0. The van der Waals surface area contributed by atoms with Crippen LogP contribution in [-0.4, -0.2) is 41.3 Å². The number of hydrogen-bond donors (Lipinski definition) is 1. The second-order valence-electron chi connectivity index (χ2n) is 8.13. The number of ether oxygens (including phenoxy) is 3. The minimum atomic E-state index is -0.429.